The number of fused-ring (bicyclic) bond motifs is 1. The van der Waals surface area contributed by atoms with E-state index in [1.54, 1.807) is 0 Å². The van der Waals surface area contributed by atoms with Crippen LogP contribution in [0.3, 0.4) is 0 Å². The highest BCUT2D eigenvalue weighted by molar-refractivity contribution is 9.10. The van der Waals surface area contributed by atoms with Gasteiger partial charge < -0.3 is 14.8 Å². The smallest absolute Gasteiger partial charge is 0.217 e. The van der Waals surface area contributed by atoms with Crippen molar-refractivity contribution in [2.24, 2.45) is 0 Å². The first-order valence-corrected chi connectivity index (χ1v) is 9.66. The van der Waals surface area contributed by atoms with Gasteiger partial charge in [-0.3, -0.25) is 4.79 Å². The van der Waals surface area contributed by atoms with Crippen LogP contribution in [0.1, 0.15) is 32.4 Å². The lowest BCUT2D eigenvalue weighted by molar-refractivity contribution is -0.119. The van der Waals surface area contributed by atoms with Crippen molar-refractivity contribution in [1.82, 2.24) is 5.32 Å². The largest absolute Gasteiger partial charge is 0.493 e. The molecular weight excluding hydrogens is 406 g/mol. The summed E-state index contributed by atoms with van der Waals surface area (Å²) in [5.41, 5.74) is 1.07. The molecule has 0 radical (unpaired) electrons. The first-order valence-electron chi connectivity index (χ1n) is 8.87. The molecule has 0 aliphatic carbocycles. The minimum atomic E-state index is -0.0344. The molecule has 0 aliphatic heterocycles. The first-order chi connectivity index (χ1) is 13.0. The molecule has 0 heterocycles. The van der Waals surface area contributed by atoms with E-state index < -0.39 is 0 Å². The van der Waals surface area contributed by atoms with Crippen LogP contribution in [0.2, 0.25) is 0 Å². The predicted molar refractivity (Wildman–Crippen MR) is 112 cm³/mol. The van der Waals surface area contributed by atoms with Gasteiger partial charge in [-0.2, -0.15) is 0 Å². The van der Waals surface area contributed by atoms with Gasteiger partial charge in [0.15, 0.2) is 0 Å². The van der Waals surface area contributed by atoms with E-state index in [1.807, 2.05) is 62.4 Å². The summed E-state index contributed by atoms with van der Waals surface area (Å²) in [6, 6.07) is 17.8. The summed E-state index contributed by atoms with van der Waals surface area (Å²) in [5, 5.41) is 5.09. The average molecular weight is 428 g/mol. The molecule has 0 saturated heterocycles. The Morgan fingerprint density at radius 3 is 2.41 bits per heavy atom. The fraction of sp³-hybridized carbons (Fsp3) is 0.227. The lowest BCUT2D eigenvalue weighted by Crippen LogP contribution is -2.23. The summed E-state index contributed by atoms with van der Waals surface area (Å²) in [6.07, 6.45) is 0. The average Bonchev–Trinajstić information content (AvgIpc) is 2.63. The molecule has 0 aromatic heterocycles. The van der Waals surface area contributed by atoms with Crippen LogP contribution in [0.15, 0.2) is 59.1 Å². The van der Waals surface area contributed by atoms with Crippen molar-refractivity contribution in [1.29, 1.82) is 0 Å². The van der Waals surface area contributed by atoms with Crippen LogP contribution in [0.5, 0.6) is 17.2 Å². The van der Waals surface area contributed by atoms with Gasteiger partial charge >= 0.3 is 0 Å². The third kappa shape index (κ3) is 4.80. The van der Waals surface area contributed by atoms with Crippen molar-refractivity contribution in [2.75, 3.05) is 6.61 Å². The number of carbonyl (C=O) groups excluding carboxylic acids is 1. The second-order valence-electron chi connectivity index (χ2n) is 6.32. The zero-order chi connectivity index (χ0) is 19.4. The summed E-state index contributed by atoms with van der Waals surface area (Å²) < 4.78 is 12.4. The third-order valence-corrected chi connectivity index (χ3v) is 4.81. The molecule has 3 aromatic carbocycles. The maximum absolute atomic E-state index is 11.3. The van der Waals surface area contributed by atoms with E-state index in [2.05, 4.69) is 27.3 Å². The van der Waals surface area contributed by atoms with E-state index in [0.29, 0.717) is 6.61 Å². The van der Waals surface area contributed by atoms with E-state index in [1.165, 1.54) is 6.92 Å². The van der Waals surface area contributed by atoms with Crippen molar-refractivity contribution in [2.45, 2.75) is 26.8 Å². The lowest BCUT2D eigenvalue weighted by Gasteiger charge is -2.14. The van der Waals surface area contributed by atoms with Gasteiger partial charge in [0.1, 0.15) is 17.2 Å². The number of hydrogen-bond acceptors (Lipinski definition) is 3. The Labute approximate surface area is 167 Å². The Kier molecular flexibility index (Phi) is 6.01. The van der Waals surface area contributed by atoms with Crippen molar-refractivity contribution >= 4 is 32.6 Å². The van der Waals surface area contributed by atoms with Gasteiger partial charge in [0.05, 0.1) is 17.1 Å². The van der Waals surface area contributed by atoms with E-state index in [9.17, 15) is 4.79 Å². The molecule has 3 rings (SSSR count). The van der Waals surface area contributed by atoms with Crippen LogP contribution in [-0.4, -0.2) is 12.5 Å². The van der Waals surface area contributed by atoms with Gasteiger partial charge in [-0.05, 0) is 82.5 Å². The molecule has 0 aliphatic rings. The molecule has 0 spiro atoms. The second-order valence-corrected chi connectivity index (χ2v) is 7.17. The minimum Gasteiger partial charge on any atom is -0.493 e. The van der Waals surface area contributed by atoms with Crippen LogP contribution in [0.4, 0.5) is 0 Å². The molecule has 4 nitrogen and oxygen atoms in total. The molecule has 27 heavy (non-hydrogen) atoms. The summed E-state index contributed by atoms with van der Waals surface area (Å²) in [5.74, 6) is 2.26. The number of benzene rings is 3. The van der Waals surface area contributed by atoms with Gasteiger partial charge in [0, 0.05) is 6.92 Å². The Morgan fingerprint density at radius 2 is 1.70 bits per heavy atom. The summed E-state index contributed by atoms with van der Waals surface area (Å²) >= 11 is 3.50. The lowest BCUT2D eigenvalue weighted by atomic mass is 10.0. The molecule has 0 saturated carbocycles. The number of carbonyl (C=O) groups is 1. The topological polar surface area (TPSA) is 47.6 Å². The fourth-order valence-electron chi connectivity index (χ4n) is 2.92. The molecule has 1 N–H and O–H groups in total. The van der Waals surface area contributed by atoms with Crippen LogP contribution in [0.25, 0.3) is 10.8 Å². The Hall–Kier alpha value is -2.53. The second kappa shape index (κ2) is 8.44. The number of nitrogens with one attached hydrogen (secondary N) is 1. The van der Waals surface area contributed by atoms with Crippen molar-refractivity contribution in [3.8, 4) is 17.2 Å². The van der Waals surface area contributed by atoms with Crippen LogP contribution in [-0.2, 0) is 4.79 Å². The molecule has 1 amide bonds. The van der Waals surface area contributed by atoms with Gasteiger partial charge in [0.2, 0.25) is 5.91 Å². The van der Waals surface area contributed by atoms with Gasteiger partial charge in [-0.15, -0.1) is 0 Å². The zero-order valence-electron chi connectivity index (χ0n) is 15.6. The molecule has 0 fully saturated rings. The predicted octanol–water partition coefficient (Wildman–Crippen LogP) is 5.99. The number of hydrogen-bond donors (Lipinski definition) is 1. The van der Waals surface area contributed by atoms with E-state index in [0.717, 1.165) is 38.1 Å². The summed E-state index contributed by atoms with van der Waals surface area (Å²) in [4.78, 5) is 11.3. The van der Waals surface area contributed by atoms with Crippen LogP contribution < -0.4 is 14.8 Å². The Morgan fingerprint density at radius 1 is 1.04 bits per heavy atom. The molecule has 0 bridgehead atoms. The normalized spacial score (nSPS) is 11.9. The molecule has 140 valence electrons. The fourth-order valence-corrected chi connectivity index (χ4v) is 3.39. The van der Waals surface area contributed by atoms with Gasteiger partial charge in [0.25, 0.3) is 0 Å². The van der Waals surface area contributed by atoms with Gasteiger partial charge in [-0.1, -0.05) is 18.2 Å². The quantitative estimate of drug-likeness (QED) is 0.525. The Balaban J connectivity index is 1.80. The van der Waals surface area contributed by atoms with Crippen molar-refractivity contribution in [3.63, 3.8) is 0 Å². The van der Waals surface area contributed by atoms with Gasteiger partial charge in [-0.25, -0.2) is 0 Å². The third-order valence-electron chi connectivity index (χ3n) is 4.19. The summed E-state index contributed by atoms with van der Waals surface area (Å²) in [7, 11) is 0. The van der Waals surface area contributed by atoms with E-state index >= 15 is 0 Å². The Bertz CT molecular complexity index is 971. The monoisotopic (exact) mass is 427 g/mol. The molecular formula is C22H22BrNO3. The van der Waals surface area contributed by atoms with Crippen molar-refractivity contribution in [3.05, 3.63) is 64.6 Å². The molecule has 1 unspecified atom stereocenters. The minimum absolute atomic E-state index is 0.0240. The first kappa shape index (κ1) is 19.2. The highest BCUT2D eigenvalue weighted by Crippen LogP contribution is 2.33. The number of rotatable bonds is 6. The number of ether oxygens (including phenoxy) is 2. The highest BCUT2D eigenvalue weighted by atomic mass is 79.9. The van der Waals surface area contributed by atoms with E-state index in [4.69, 9.17) is 9.47 Å². The maximum Gasteiger partial charge on any atom is 0.217 e. The summed E-state index contributed by atoms with van der Waals surface area (Å²) in [6.45, 7) is 6.07. The highest BCUT2D eigenvalue weighted by Gasteiger charge is 2.08. The number of amides is 1. The van der Waals surface area contributed by atoms with Crippen LogP contribution >= 0.6 is 15.9 Å². The standard InChI is InChI=1S/C22H22BrNO3/c1-4-26-22-10-9-20(13-21(22)23)27-19-8-7-17-11-16(5-6-18(17)12-19)14(2)24-15(3)25/h5-14H,4H2,1-3H3,(H,24,25). The zero-order valence-corrected chi connectivity index (χ0v) is 17.2. The van der Waals surface area contributed by atoms with Crippen LogP contribution in [0, 0.1) is 0 Å². The number of halogens is 1. The van der Waals surface area contributed by atoms with E-state index in [-0.39, 0.29) is 11.9 Å². The maximum atomic E-state index is 11.3. The SMILES string of the molecule is CCOc1ccc(Oc2ccc3cc(C(C)NC(C)=O)ccc3c2)cc1Br. The molecule has 5 heteroatoms. The molecule has 1 atom stereocenters. The van der Waals surface area contributed by atoms with Crippen molar-refractivity contribution < 1.29 is 14.3 Å². The molecule has 3 aromatic rings.